The number of aromatic nitrogens is 2. The molecule has 1 atom stereocenters. The summed E-state index contributed by atoms with van der Waals surface area (Å²) in [6.07, 6.45) is 1.33. The quantitative estimate of drug-likeness (QED) is 0.934. The molecular formula is C17H21N3O3. The standard InChI is InChI=1S/C17H21N3O3/c1-11-5-3-4-6-14(11)15-18-16(23-19-15)12(2)20-9-7-13(8-10-20)17(21)22/h3-6,12-13H,7-10H2,1-2H3,(H,21,22). The maximum absolute atomic E-state index is 11.0. The van der Waals surface area contributed by atoms with Gasteiger partial charge in [0.1, 0.15) is 0 Å². The van der Waals surface area contributed by atoms with E-state index in [1.165, 1.54) is 0 Å². The van der Waals surface area contributed by atoms with Gasteiger partial charge in [-0.2, -0.15) is 4.98 Å². The maximum Gasteiger partial charge on any atom is 0.306 e. The summed E-state index contributed by atoms with van der Waals surface area (Å²) < 4.78 is 5.44. The van der Waals surface area contributed by atoms with Gasteiger partial charge in [0.05, 0.1) is 12.0 Å². The summed E-state index contributed by atoms with van der Waals surface area (Å²) in [6.45, 7) is 5.52. The number of carboxylic acid groups (broad SMARTS) is 1. The first-order valence-electron chi connectivity index (χ1n) is 7.92. The number of carboxylic acids is 1. The third-order valence-corrected chi connectivity index (χ3v) is 4.61. The van der Waals surface area contributed by atoms with Crippen LogP contribution in [0.25, 0.3) is 11.4 Å². The minimum Gasteiger partial charge on any atom is -0.481 e. The normalized spacial score (nSPS) is 18.0. The van der Waals surface area contributed by atoms with Gasteiger partial charge in [0.2, 0.25) is 11.7 Å². The lowest BCUT2D eigenvalue weighted by Crippen LogP contribution is -2.37. The van der Waals surface area contributed by atoms with Crippen molar-refractivity contribution >= 4 is 5.97 Å². The van der Waals surface area contributed by atoms with Gasteiger partial charge >= 0.3 is 5.97 Å². The van der Waals surface area contributed by atoms with Gasteiger partial charge in [-0.05, 0) is 45.3 Å². The van der Waals surface area contributed by atoms with Crippen LogP contribution >= 0.6 is 0 Å². The molecule has 1 fully saturated rings. The van der Waals surface area contributed by atoms with Crippen molar-refractivity contribution in [3.05, 3.63) is 35.7 Å². The highest BCUT2D eigenvalue weighted by Crippen LogP contribution is 2.28. The van der Waals surface area contributed by atoms with Crippen LogP contribution in [0.15, 0.2) is 28.8 Å². The first kappa shape index (κ1) is 15.7. The maximum atomic E-state index is 11.0. The molecule has 1 unspecified atom stereocenters. The highest BCUT2D eigenvalue weighted by atomic mass is 16.5. The molecule has 0 radical (unpaired) electrons. The number of piperidine rings is 1. The lowest BCUT2D eigenvalue weighted by molar-refractivity contribution is -0.143. The fourth-order valence-corrected chi connectivity index (χ4v) is 3.03. The van der Waals surface area contributed by atoms with Crippen molar-refractivity contribution in [1.29, 1.82) is 0 Å². The molecule has 122 valence electrons. The number of hydrogen-bond donors (Lipinski definition) is 1. The molecule has 1 aromatic heterocycles. The van der Waals surface area contributed by atoms with Crippen molar-refractivity contribution in [2.45, 2.75) is 32.7 Å². The Hall–Kier alpha value is -2.21. The minimum absolute atomic E-state index is 0.00462. The molecule has 0 bridgehead atoms. The van der Waals surface area contributed by atoms with Crippen LogP contribution in [0.1, 0.15) is 37.3 Å². The summed E-state index contributed by atoms with van der Waals surface area (Å²) in [5, 5.41) is 13.2. The van der Waals surface area contributed by atoms with Gasteiger partial charge in [-0.3, -0.25) is 9.69 Å². The SMILES string of the molecule is Cc1ccccc1-c1noc(C(C)N2CCC(C(=O)O)CC2)n1. The highest BCUT2D eigenvalue weighted by molar-refractivity contribution is 5.70. The number of carbonyl (C=O) groups is 1. The Kier molecular flexibility index (Phi) is 4.43. The van der Waals surface area contributed by atoms with Crippen LogP contribution in [-0.4, -0.2) is 39.2 Å². The fraction of sp³-hybridized carbons (Fsp3) is 0.471. The Bertz CT molecular complexity index is 690. The van der Waals surface area contributed by atoms with Crippen LogP contribution in [0.4, 0.5) is 0 Å². The first-order valence-corrected chi connectivity index (χ1v) is 7.92. The van der Waals surface area contributed by atoms with E-state index in [2.05, 4.69) is 15.0 Å². The van der Waals surface area contributed by atoms with Crippen molar-refractivity contribution in [2.24, 2.45) is 5.92 Å². The van der Waals surface area contributed by atoms with Gasteiger partial charge in [-0.25, -0.2) is 0 Å². The van der Waals surface area contributed by atoms with E-state index < -0.39 is 5.97 Å². The Morgan fingerprint density at radius 2 is 2.04 bits per heavy atom. The van der Waals surface area contributed by atoms with Crippen LogP contribution in [0.5, 0.6) is 0 Å². The molecule has 0 spiro atoms. The fourth-order valence-electron chi connectivity index (χ4n) is 3.03. The zero-order chi connectivity index (χ0) is 16.4. The average Bonchev–Trinajstić information content (AvgIpc) is 3.04. The molecule has 2 aromatic rings. The number of benzene rings is 1. The van der Waals surface area contributed by atoms with Gasteiger partial charge in [0.25, 0.3) is 0 Å². The van der Waals surface area contributed by atoms with E-state index >= 15 is 0 Å². The molecule has 2 heterocycles. The molecule has 0 saturated carbocycles. The van der Waals surface area contributed by atoms with E-state index in [1.807, 2.05) is 38.1 Å². The topological polar surface area (TPSA) is 79.5 Å². The average molecular weight is 315 g/mol. The van der Waals surface area contributed by atoms with E-state index in [4.69, 9.17) is 9.63 Å². The van der Waals surface area contributed by atoms with Crippen LogP contribution in [0.3, 0.4) is 0 Å². The number of rotatable bonds is 4. The Morgan fingerprint density at radius 3 is 2.70 bits per heavy atom. The lowest BCUT2D eigenvalue weighted by Gasteiger charge is -2.32. The monoisotopic (exact) mass is 315 g/mol. The van der Waals surface area contributed by atoms with Gasteiger partial charge < -0.3 is 9.63 Å². The minimum atomic E-state index is -0.697. The van der Waals surface area contributed by atoms with E-state index in [1.54, 1.807) is 0 Å². The summed E-state index contributed by atoms with van der Waals surface area (Å²) in [5.74, 6) is 0.253. The molecule has 1 aromatic carbocycles. The zero-order valence-corrected chi connectivity index (χ0v) is 13.4. The molecule has 1 saturated heterocycles. The molecule has 1 aliphatic heterocycles. The highest BCUT2D eigenvalue weighted by Gasteiger charge is 2.29. The molecule has 6 heteroatoms. The Labute approximate surface area is 135 Å². The summed E-state index contributed by atoms with van der Waals surface area (Å²) >= 11 is 0. The molecule has 6 nitrogen and oxygen atoms in total. The third kappa shape index (κ3) is 3.27. The molecule has 1 aliphatic rings. The number of likely N-dealkylation sites (tertiary alicyclic amines) is 1. The Balaban J connectivity index is 1.71. The second-order valence-corrected chi connectivity index (χ2v) is 6.10. The molecule has 1 N–H and O–H groups in total. The molecular weight excluding hydrogens is 294 g/mol. The van der Waals surface area contributed by atoms with E-state index in [9.17, 15) is 4.79 Å². The summed E-state index contributed by atoms with van der Waals surface area (Å²) in [4.78, 5) is 17.8. The predicted molar refractivity (Wildman–Crippen MR) is 84.8 cm³/mol. The van der Waals surface area contributed by atoms with E-state index in [0.717, 1.165) is 24.2 Å². The largest absolute Gasteiger partial charge is 0.481 e. The van der Waals surface area contributed by atoms with Gasteiger partial charge in [0.15, 0.2) is 0 Å². The summed E-state index contributed by atoms with van der Waals surface area (Å²) in [7, 11) is 0. The van der Waals surface area contributed by atoms with Crippen LogP contribution in [0.2, 0.25) is 0 Å². The molecule has 0 aliphatic carbocycles. The van der Waals surface area contributed by atoms with E-state index in [-0.39, 0.29) is 12.0 Å². The van der Waals surface area contributed by atoms with Crippen molar-refractivity contribution in [2.75, 3.05) is 13.1 Å². The number of aryl methyl sites for hydroxylation is 1. The number of hydrogen-bond acceptors (Lipinski definition) is 5. The van der Waals surface area contributed by atoms with Crippen molar-refractivity contribution < 1.29 is 14.4 Å². The Morgan fingerprint density at radius 1 is 1.35 bits per heavy atom. The van der Waals surface area contributed by atoms with Crippen LogP contribution in [-0.2, 0) is 4.79 Å². The summed E-state index contributed by atoms with van der Waals surface area (Å²) in [5.41, 5.74) is 2.08. The van der Waals surface area contributed by atoms with E-state index in [0.29, 0.717) is 24.6 Å². The summed E-state index contributed by atoms with van der Waals surface area (Å²) in [6, 6.07) is 7.93. The van der Waals surface area contributed by atoms with Gasteiger partial charge in [0, 0.05) is 5.56 Å². The number of aliphatic carboxylic acids is 1. The van der Waals surface area contributed by atoms with Crippen LogP contribution < -0.4 is 0 Å². The van der Waals surface area contributed by atoms with Crippen LogP contribution in [0, 0.1) is 12.8 Å². The van der Waals surface area contributed by atoms with Crippen molar-refractivity contribution in [3.63, 3.8) is 0 Å². The first-order chi connectivity index (χ1) is 11.1. The number of nitrogens with zero attached hydrogens (tertiary/aromatic N) is 3. The second kappa shape index (κ2) is 6.50. The second-order valence-electron chi connectivity index (χ2n) is 6.10. The zero-order valence-electron chi connectivity index (χ0n) is 13.4. The predicted octanol–water partition coefficient (Wildman–Crippen LogP) is 2.90. The van der Waals surface area contributed by atoms with Crippen molar-refractivity contribution in [3.8, 4) is 11.4 Å². The molecule has 0 amide bonds. The molecule has 23 heavy (non-hydrogen) atoms. The van der Waals surface area contributed by atoms with Gasteiger partial charge in [-0.15, -0.1) is 0 Å². The smallest absolute Gasteiger partial charge is 0.306 e. The lowest BCUT2D eigenvalue weighted by atomic mass is 9.96. The van der Waals surface area contributed by atoms with Gasteiger partial charge in [-0.1, -0.05) is 29.4 Å². The third-order valence-electron chi connectivity index (χ3n) is 4.61. The molecule has 3 rings (SSSR count). The van der Waals surface area contributed by atoms with Crippen molar-refractivity contribution in [1.82, 2.24) is 15.0 Å².